The average molecular weight is 453 g/mol. The van der Waals surface area contributed by atoms with Crippen LogP contribution in [0.3, 0.4) is 0 Å². The smallest absolute Gasteiger partial charge is 0.241 e. The summed E-state index contributed by atoms with van der Waals surface area (Å²) in [6.07, 6.45) is 3.50. The van der Waals surface area contributed by atoms with Crippen molar-refractivity contribution < 1.29 is 17.9 Å². The summed E-state index contributed by atoms with van der Waals surface area (Å²) in [6.45, 7) is 5.56. The maximum absolute atomic E-state index is 13.1. The van der Waals surface area contributed by atoms with Crippen LogP contribution in [0.1, 0.15) is 26.2 Å². The molecule has 10 heteroatoms. The zero-order chi connectivity index (χ0) is 21.3. The van der Waals surface area contributed by atoms with Gasteiger partial charge in [-0.3, -0.25) is 4.79 Å². The number of benzene rings is 1. The molecule has 1 aromatic carbocycles. The van der Waals surface area contributed by atoms with Gasteiger partial charge in [0.05, 0.1) is 23.1 Å². The number of ether oxygens (including phenoxy) is 1. The van der Waals surface area contributed by atoms with Crippen LogP contribution < -0.4 is 9.64 Å². The molecule has 3 heterocycles. The molecule has 0 spiro atoms. The van der Waals surface area contributed by atoms with E-state index in [0.717, 1.165) is 33.9 Å². The molecule has 0 saturated carbocycles. The number of fused-ring (bicyclic) bond motifs is 1. The molecular weight excluding hydrogens is 424 g/mol. The van der Waals surface area contributed by atoms with Gasteiger partial charge in [0, 0.05) is 32.7 Å². The first-order valence-electron chi connectivity index (χ1n) is 10.4. The summed E-state index contributed by atoms with van der Waals surface area (Å²) in [5.74, 6) is 0.781. The number of hydrogen-bond acceptors (Lipinski definition) is 7. The molecular formula is C20H28N4O4S2. The molecule has 2 fully saturated rings. The molecule has 30 heavy (non-hydrogen) atoms. The second-order valence-corrected chi connectivity index (χ2v) is 10.7. The highest BCUT2D eigenvalue weighted by molar-refractivity contribution is 7.88. The van der Waals surface area contributed by atoms with Crippen LogP contribution in [0.25, 0.3) is 10.2 Å². The average Bonchev–Trinajstić information content (AvgIpc) is 3.16. The molecule has 0 N–H and O–H groups in total. The largest absolute Gasteiger partial charge is 0.494 e. The van der Waals surface area contributed by atoms with Crippen LogP contribution in [0.2, 0.25) is 0 Å². The SMILES string of the molecule is CCOc1ccc2nc(N3CCN(C(=O)C4CCCCN4S(C)(=O)=O)CC3)sc2c1. The zero-order valence-electron chi connectivity index (χ0n) is 17.4. The molecule has 1 atom stereocenters. The van der Waals surface area contributed by atoms with Crippen LogP contribution in [-0.2, 0) is 14.8 Å². The lowest BCUT2D eigenvalue weighted by Gasteiger charge is -2.39. The van der Waals surface area contributed by atoms with E-state index < -0.39 is 16.1 Å². The van der Waals surface area contributed by atoms with Crippen molar-refractivity contribution in [2.24, 2.45) is 0 Å². The van der Waals surface area contributed by atoms with E-state index >= 15 is 0 Å². The number of carbonyl (C=O) groups is 1. The fourth-order valence-corrected chi connectivity index (χ4v) is 6.33. The van der Waals surface area contributed by atoms with Gasteiger partial charge in [0.15, 0.2) is 5.13 Å². The third-order valence-electron chi connectivity index (χ3n) is 5.69. The number of piperazine rings is 1. The Labute approximate surface area is 181 Å². The Balaban J connectivity index is 1.42. The van der Waals surface area contributed by atoms with Crippen molar-refractivity contribution in [3.63, 3.8) is 0 Å². The zero-order valence-corrected chi connectivity index (χ0v) is 19.0. The quantitative estimate of drug-likeness (QED) is 0.691. The molecule has 8 nitrogen and oxygen atoms in total. The first-order valence-corrected chi connectivity index (χ1v) is 13.1. The van der Waals surface area contributed by atoms with E-state index in [-0.39, 0.29) is 5.91 Å². The van der Waals surface area contributed by atoms with Crippen LogP contribution in [0.15, 0.2) is 18.2 Å². The highest BCUT2D eigenvalue weighted by atomic mass is 32.2. The predicted octanol–water partition coefficient (Wildman–Crippen LogP) is 2.16. The van der Waals surface area contributed by atoms with Gasteiger partial charge in [-0.1, -0.05) is 17.8 Å². The van der Waals surface area contributed by atoms with Gasteiger partial charge in [-0.25, -0.2) is 13.4 Å². The molecule has 1 amide bonds. The van der Waals surface area contributed by atoms with E-state index in [2.05, 4.69) is 4.90 Å². The standard InChI is InChI=1S/C20H28N4O4S2/c1-3-28-15-7-8-16-18(14-15)29-20(21-16)23-12-10-22(11-13-23)19(25)17-6-4-5-9-24(17)30(2,26)27/h7-8,14,17H,3-6,9-13H2,1-2H3. The van der Waals surface area contributed by atoms with Gasteiger partial charge in [-0.05, 0) is 38.0 Å². The molecule has 2 aromatic rings. The number of carbonyl (C=O) groups excluding carboxylic acids is 1. The number of aromatic nitrogens is 1. The van der Waals surface area contributed by atoms with Crippen LogP contribution in [-0.4, -0.2) is 80.1 Å². The summed E-state index contributed by atoms with van der Waals surface area (Å²) in [7, 11) is -3.38. The number of hydrogen-bond donors (Lipinski definition) is 0. The van der Waals surface area contributed by atoms with Crippen molar-refractivity contribution in [2.75, 3.05) is 50.5 Å². The normalized spacial score (nSPS) is 21.2. The number of anilines is 1. The van der Waals surface area contributed by atoms with Crippen molar-refractivity contribution in [3.05, 3.63) is 18.2 Å². The number of nitrogens with zero attached hydrogens (tertiary/aromatic N) is 4. The second-order valence-electron chi connectivity index (χ2n) is 7.76. The Kier molecular flexibility index (Phi) is 6.17. The molecule has 0 radical (unpaired) electrons. The summed E-state index contributed by atoms with van der Waals surface area (Å²) in [5.41, 5.74) is 0.947. The van der Waals surface area contributed by atoms with Gasteiger partial charge in [0.2, 0.25) is 15.9 Å². The Hall–Kier alpha value is -1.91. The van der Waals surface area contributed by atoms with E-state index in [4.69, 9.17) is 9.72 Å². The molecule has 4 rings (SSSR count). The number of amides is 1. The summed E-state index contributed by atoms with van der Waals surface area (Å²) in [4.78, 5) is 21.8. The Morgan fingerprint density at radius 1 is 1.20 bits per heavy atom. The minimum absolute atomic E-state index is 0.0644. The lowest BCUT2D eigenvalue weighted by atomic mass is 10.0. The van der Waals surface area contributed by atoms with Crippen LogP contribution >= 0.6 is 11.3 Å². The summed E-state index contributed by atoms with van der Waals surface area (Å²) in [5, 5.41) is 0.946. The summed E-state index contributed by atoms with van der Waals surface area (Å²) < 4.78 is 32.2. The summed E-state index contributed by atoms with van der Waals surface area (Å²) >= 11 is 1.63. The topological polar surface area (TPSA) is 83.1 Å². The molecule has 164 valence electrons. The van der Waals surface area contributed by atoms with Crippen LogP contribution in [0.4, 0.5) is 5.13 Å². The molecule has 0 aliphatic carbocycles. The molecule has 1 unspecified atom stereocenters. The van der Waals surface area contributed by atoms with E-state index in [9.17, 15) is 13.2 Å². The first kappa shape index (κ1) is 21.3. The fourth-order valence-electron chi connectivity index (χ4n) is 4.16. The minimum Gasteiger partial charge on any atom is -0.494 e. The minimum atomic E-state index is -3.38. The number of thiazole rings is 1. The Bertz CT molecular complexity index is 1010. The van der Waals surface area contributed by atoms with Crippen molar-refractivity contribution in [3.8, 4) is 5.75 Å². The van der Waals surface area contributed by atoms with Crippen molar-refractivity contribution >= 4 is 42.6 Å². The van der Waals surface area contributed by atoms with Gasteiger partial charge in [-0.15, -0.1) is 0 Å². The lowest BCUT2D eigenvalue weighted by Crippen LogP contribution is -2.57. The van der Waals surface area contributed by atoms with Crippen LogP contribution in [0, 0.1) is 0 Å². The number of sulfonamides is 1. The second kappa shape index (κ2) is 8.68. The van der Waals surface area contributed by atoms with E-state index in [1.165, 1.54) is 10.6 Å². The van der Waals surface area contributed by atoms with E-state index in [1.54, 1.807) is 11.3 Å². The fraction of sp³-hybridized carbons (Fsp3) is 0.600. The Morgan fingerprint density at radius 2 is 1.97 bits per heavy atom. The highest BCUT2D eigenvalue weighted by Gasteiger charge is 2.37. The molecule has 2 aliphatic rings. The molecule has 2 saturated heterocycles. The monoisotopic (exact) mass is 452 g/mol. The van der Waals surface area contributed by atoms with E-state index in [0.29, 0.717) is 45.8 Å². The molecule has 0 bridgehead atoms. The van der Waals surface area contributed by atoms with Gasteiger partial charge in [0.1, 0.15) is 11.8 Å². The lowest BCUT2D eigenvalue weighted by molar-refractivity contribution is -0.136. The van der Waals surface area contributed by atoms with E-state index in [1.807, 2.05) is 30.0 Å². The van der Waals surface area contributed by atoms with Crippen molar-refractivity contribution in [1.29, 1.82) is 0 Å². The van der Waals surface area contributed by atoms with Gasteiger partial charge in [0.25, 0.3) is 0 Å². The maximum Gasteiger partial charge on any atom is 0.241 e. The van der Waals surface area contributed by atoms with Crippen molar-refractivity contribution in [1.82, 2.24) is 14.2 Å². The molecule has 1 aromatic heterocycles. The number of rotatable bonds is 5. The summed E-state index contributed by atoms with van der Waals surface area (Å²) in [6, 6.07) is 5.37. The predicted molar refractivity (Wildman–Crippen MR) is 119 cm³/mol. The Morgan fingerprint density at radius 3 is 2.67 bits per heavy atom. The van der Waals surface area contributed by atoms with Crippen molar-refractivity contribution in [2.45, 2.75) is 32.2 Å². The maximum atomic E-state index is 13.1. The van der Waals surface area contributed by atoms with Gasteiger partial charge in [-0.2, -0.15) is 4.31 Å². The third-order valence-corrected chi connectivity index (χ3v) is 8.05. The third kappa shape index (κ3) is 4.40. The highest BCUT2D eigenvalue weighted by Crippen LogP contribution is 2.32. The van der Waals surface area contributed by atoms with Gasteiger partial charge >= 0.3 is 0 Å². The molecule has 2 aliphatic heterocycles. The number of piperidine rings is 1. The first-order chi connectivity index (χ1) is 14.4. The van der Waals surface area contributed by atoms with Gasteiger partial charge < -0.3 is 14.5 Å². The van der Waals surface area contributed by atoms with Crippen LogP contribution in [0.5, 0.6) is 5.75 Å².